The summed E-state index contributed by atoms with van der Waals surface area (Å²) in [5, 5.41) is 11.5. The van der Waals surface area contributed by atoms with Crippen molar-refractivity contribution in [3.63, 3.8) is 0 Å². The van der Waals surface area contributed by atoms with Crippen molar-refractivity contribution < 1.29 is 9.18 Å². The van der Waals surface area contributed by atoms with E-state index in [0.717, 1.165) is 5.69 Å². The third-order valence-corrected chi connectivity index (χ3v) is 3.67. The molecule has 2 fully saturated rings. The number of benzene rings is 1. The maximum Gasteiger partial charge on any atom is 0.317 e. The molecular formula is C13H13FN4O. The number of halogens is 1. The van der Waals surface area contributed by atoms with Gasteiger partial charge >= 0.3 is 6.03 Å². The number of piperazine rings is 1. The number of nitrogens with one attached hydrogen (secondary N) is 1. The van der Waals surface area contributed by atoms with Gasteiger partial charge in [-0.2, -0.15) is 5.26 Å². The Labute approximate surface area is 110 Å². The van der Waals surface area contributed by atoms with Crippen molar-refractivity contribution in [2.45, 2.75) is 6.04 Å². The first-order valence-electron chi connectivity index (χ1n) is 6.18. The van der Waals surface area contributed by atoms with Crippen LogP contribution in [0.5, 0.6) is 0 Å². The van der Waals surface area contributed by atoms with Crippen LogP contribution >= 0.6 is 0 Å². The van der Waals surface area contributed by atoms with E-state index in [1.807, 2.05) is 15.9 Å². The lowest BCUT2D eigenvalue weighted by Crippen LogP contribution is -2.52. The van der Waals surface area contributed by atoms with Gasteiger partial charge in [-0.15, -0.1) is 0 Å². The van der Waals surface area contributed by atoms with Crippen molar-refractivity contribution in [2.75, 3.05) is 31.1 Å². The van der Waals surface area contributed by atoms with Gasteiger partial charge in [0, 0.05) is 31.9 Å². The lowest BCUT2D eigenvalue weighted by Gasteiger charge is -2.37. The number of carbonyl (C=O) groups is 1. The van der Waals surface area contributed by atoms with Crippen LogP contribution in [0.25, 0.3) is 0 Å². The van der Waals surface area contributed by atoms with Gasteiger partial charge in [0.2, 0.25) is 0 Å². The summed E-state index contributed by atoms with van der Waals surface area (Å²) in [5.74, 6) is -0.497. The van der Waals surface area contributed by atoms with Gasteiger partial charge in [0.25, 0.3) is 0 Å². The minimum absolute atomic E-state index is 0.0179. The molecule has 98 valence electrons. The number of carbonyl (C=O) groups excluding carboxylic acids is 1. The molecule has 1 unspecified atom stereocenters. The van der Waals surface area contributed by atoms with Crippen molar-refractivity contribution in [3.8, 4) is 6.07 Å². The second-order valence-electron chi connectivity index (χ2n) is 4.76. The normalized spacial score (nSPS) is 21.9. The molecule has 3 rings (SSSR count). The number of anilines is 1. The maximum atomic E-state index is 13.6. The van der Waals surface area contributed by atoms with Gasteiger partial charge in [0.1, 0.15) is 11.9 Å². The number of hydrogen-bond acceptors (Lipinski definition) is 3. The van der Waals surface area contributed by atoms with Gasteiger partial charge in [-0.25, -0.2) is 9.18 Å². The molecule has 2 heterocycles. The van der Waals surface area contributed by atoms with Crippen LogP contribution in [0.1, 0.15) is 5.56 Å². The van der Waals surface area contributed by atoms with E-state index in [2.05, 4.69) is 5.32 Å². The first kappa shape index (κ1) is 11.8. The molecule has 1 N–H and O–H groups in total. The molecule has 0 radical (unpaired) electrons. The van der Waals surface area contributed by atoms with Gasteiger partial charge < -0.3 is 15.1 Å². The molecule has 2 aliphatic heterocycles. The molecule has 0 aromatic heterocycles. The van der Waals surface area contributed by atoms with Crippen molar-refractivity contribution in [3.05, 3.63) is 29.6 Å². The molecule has 0 spiro atoms. The number of nitriles is 1. The average molecular weight is 260 g/mol. The maximum absolute atomic E-state index is 13.6. The number of urea groups is 1. The topological polar surface area (TPSA) is 59.4 Å². The monoisotopic (exact) mass is 260 g/mol. The molecule has 2 saturated heterocycles. The van der Waals surface area contributed by atoms with Crippen LogP contribution in [0, 0.1) is 17.1 Å². The van der Waals surface area contributed by atoms with Gasteiger partial charge in [0.05, 0.1) is 11.6 Å². The van der Waals surface area contributed by atoms with Gasteiger partial charge in [-0.05, 0) is 18.2 Å². The van der Waals surface area contributed by atoms with Crippen molar-refractivity contribution in [1.82, 2.24) is 10.2 Å². The van der Waals surface area contributed by atoms with Crippen LogP contribution in [0.2, 0.25) is 0 Å². The van der Waals surface area contributed by atoms with Crippen LogP contribution < -0.4 is 10.2 Å². The minimum atomic E-state index is -0.497. The van der Waals surface area contributed by atoms with E-state index in [9.17, 15) is 9.18 Å². The summed E-state index contributed by atoms with van der Waals surface area (Å²) in [4.78, 5) is 15.4. The van der Waals surface area contributed by atoms with Crippen LogP contribution in [0.15, 0.2) is 18.2 Å². The predicted octanol–water partition coefficient (Wildman–Crippen LogP) is 0.911. The highest BCUT2D eigenvalue weighted by Gasteiger charge is 2.35. The largest absolute Gasteiger partial charge is 0.368 e. The minimum Gasteiger partial charge on any atom is -0.368 e. The van der Waals surface area contributed by atoms with Crippen LogP contribution in [0.4, 0.5) is 14.9 Å². The van der Waals surface area contributed by atoms with E-state index in [1.54, 1.807) is 6.07 Å². The lowest BCUT2D eigenvalue weighted by atomic mass is 10.1. The zero-order valence-corrected chi connectivity index (χ0v) is 10.3. The number of amides is 2. The molecule has 2 aliphatic rings. The van der Waals surface area contributed by atoms with E-state index < -0.39 is 5.82 Å². The van der Waals surface area contributed by atoms with E-state index in [4.69, 9.17) is 5.26 Å². The summed E-state index contributed by atoms with van der Waals surface area (Å²) in [6, 6.07) is 6.57. The fraction of sp³-hybridized carbons (Fsp3) is 0.385. The van der Waals surface area contributed by atoms with Crippen molar-refractivity contribution >= 4 is 11.7 Å². The number of nitrogens with zero attached hydrogens (tertiary/aromatic N) is 3. The summed E-state index contributed by atoms with van der Waals surface area (Å²) in [5.41, 5.74) is 0.815. The second kappa shape index (κ2) is 4.43. The molecule has 0 saturated carbocycles. The fourth-order valence-corrected chi connectivity index (χ4v) is 2.63. The van der Waals surface area contributed by atoms with E-state index in [-0.39, 0.29) is 17.6 Å². The highest BCUT2D eigenvalue weighted by Crippen LogP contribution is 2.23. The molecule has 5 nitrogen and oxygen atoms in total. The van der Waals surface area contributed by atoms with Crippen LogP contribution in [0.3, 0.4) is 0 Å². The predicted molar refractivity (Wildman–Crippen MR) is 67.2 cm³/mol. The summed E-state index contributed by atoms with van der Waals surface area (Å²) in [6.07, 6.45) is 0. The molecule has 1 aromatic rings. The Balaban J connectivity index is 1.79. The summed E-state index contributed by atoms with van der Waals surface area (Å²) in [7, 11) is 0. The van der Waals surface area contributed by atoms with Gasteiger partial charge in [0.15, 0.2) is 0 Å². The third-order valence-electron chi connectivity index (χ3n) is 3.67. The number of rotatable bonds is 1. The van der Waals surface area contributed by atoms with Crippen LogP contribution in [-0.4, -0.2) is 43.2 Å². The standard InChI is InChI=1S/C13H13FN4O/c14-12-5-10(2-1-9(12)6-15)17-3-4-18-11(8-17)7-16-13(18)19/h1-2,5,11H,3-4,7-8H2,(H,16,19). The molecular weight excluding hydrogens is 247 g/mol. The van der Waals surface area contributed by atoms with E-state index in [1.165, 1.54) is 12.1 Å². The Morgan fingerprint density at radius 1 is 1.42 bits per heavy atom. The van der Waals surface area contributed by atoms with Gasteiger partial charge in [-0.3, -0.25) is 0 Å². The summed E-state index contributed by atoms with van der Waals surface area (Å²) in [6.45, 7) is 2.63. The van der Waals surface area contributed by atoms with E-state index in [0.29, 0.717) is 26.2 Å². The Morgan fingerprint density at radius 3 is 3.00 bits per heavy atom. The average Bonchev–Trinajstić information content (AvgIpc) is 2.80. The zero-order valence-electron chi connectivity index (χ0n) is 10.3. The highest BCUT2D eigenvalue weighted by atomic mass is 19.1. The highest BCUT2D eigenvalue weighted by molar-refractivity contribution is 5.77. The molecule has 19 heavy (non-hydrogen) atoms. The van der Waals surface area contributed by atoms with E-state index >= 15 is 0 Å². The summed E-state index contributed by atoms with van der Waals surface area (Å²) < 4.78 is 13.6. The molecule has 0 aliphatic carbocycles. The van der Waals surface area contributed by atoms with Gasteiger partial charge in [-0.1, -0.05) is 0 Å². The Bertz CT molecular complexity index is 568. The zero-order chi connectivity index (χ0) is 13.4. The quantitative estimate of drug-likeness (QED) is 0.816. The lowest BCUT2D eigenvalue weighted by molar-refractivity contribution is 0.197. The third kappa shape index (κ3) is 1.97. The smallest absolute Gasteiger partial charge is 0.317 e. The number of fused-ring (bicyclic) bond motifs is 1. The molecule has 0 bridgehead atoms. The molecule has 6 heteroatoms. The Hall–Kier alpha value is -2.29. The second-order valence-corrected chi connectivity index (χ2v) is 4.76. The first-order valence-corrected chi connectivity index (χ1v) is 6.18. The Kier molecular flexibility index (Phi) is 2.75. The van der Waals surface area contributed by atoms with Crippen molar-refractivity contribution in [1.29, 1.82) is 5.26 Å². The molecule has 1 atom stereocenters. The molecule has 2 amide bonds. The molecule has 1 aromatic carbocycles. The Morgan fingerprint density at radius 2 is 2.26 bits per heavy atom. The first-order chi connectivity index (χ1) is 9.19. The van der Waals surface area contributed by atoms with Crippen molar-refractivity contribution in [2.24, 2.45) is 0 Å². The fourth-order valence-electron chi connectivity index (χ4n) is 2.63. The summed E-state index contributed by atoms with van der Waals surface area (Å²) >= 11 is 0. The van der Waals surface area contributed by atoms with Crippen LogP contribution in [-0.2, 0) is 0 Å². The number of hydrogen-bond donors (Lipinski definition) is 1. The SMILES string of the molecule is N#Cc1ccc(N2CCN3C(=O)NCC3C2)cc1F.